The number of carbonyl (C=O) groups is 2. The van der Waals surface area contributed by atoms with Crippen molar-refractivity contribution < 1.29 is 9.59 Å². The van der Waals surface area contributed by atoms with E-state index in [4.69, 9.17) is 0 Å². The lowest BCUT2D eigenvalue weighted by Gasteiger charge is -2.36. The number of aryl methyl sites for hydroxylation is 1. The number of amides is 3. The summed E-state index contributed by atoms with van der Waals surface area (Å²) >= 11 is 0. The van der Waals surface area contributed by atoms with Crippen LogP contribution in [0.15, 0.2) is 24.3 Å². The molecule has 1 aromatic carbocycles. The van der Waals surface area contributed by atoms with Crippen LogP contribution in [0.4, 0.5) is 4.79 Å². The molecule has 136 valence electrons. The normalized spacial score (nSPS) is 18.9. The standard InChI is InChI=1S/C20H29N3O2/c1-16-7-5-6-8-17(16)15-19(24)22-11-13-23(14-12-22)20(25)21-18-9-3-2-4-10-18/h5-8,18H,2-4,9-15H2,1H3,(H,21,25). The van der Waals surface area contributed by atoms with Crippen LogP contribution in [0.2, 0.25) is 0 Å². The van der Waals surface area contributed by atoms with Gasteiger partial charge < -0.3 is 15.1 Å². The Morgan fingerprint density at radius 3 is 2.32 bits per heavy atom. The Hall–Kier alpha value is -2.04. The second kappa shape index (κ2) is 8.37. The molecule has 1 aromatic rings. The predicted molar refractivity (Wildman–Crippen MR) is 98.4 cm³/mol. The van der Waals surface area contributed by atoms with Gasteiger partial charge in [-0.3, -0.25) is 4.79 Å². The van der Waals surface area contributed by atoms with Crippen molar-refractivity contribution in [1.29, 1.82) is 0 Å². The molecule has 0 radical (unpaired) electrons. The van der Waals surface area contributed by atoms with Gasteiger partial charge in [0.15, 0.2) is 0 Å². The van der Waals surface area contributed by atoms with E-state index in [2.05, 4.69) is 5.32 Å². The highest BCUT2D eigenvalue weighted by Crippen LogP contribution is 2.18. The third kappa shape index (κ3) is 4.74. The molecule has 1 aliphatic heterocycles. The fourth-order valence-corrected chi connectivity index (χ4v) is 3.75. The summed E-state index contributed by atoms with van der Waals surface area (Å²) in [5.41, 5.74) is 2.24. The summed E-state index contributed by atoms with van der Waals surface area (Å²) in [7, 11) is 0. The van der Waals surface area contributed by atoms with Crippen LogP contribution in [0.5, 0.6) is 0 Å². The molecule has 0 bridgehead atoms. The number of rotatable bonds is 3. The number of hydrogen-bond donors (Lipinski definition) is 1. The first kappa shape index (κ1) is 17.8. The minimum absolute atomic E-state index is 0.0397. The van der Waals surface area contributed by atoms with Gasteiger partial charge in [-0.15, -0.1) is 0 Å². The second-order valence-corrected chi connectivity index (χ2v) is 7.26. The van der Waals surface area contributed by atoms with E-state index in [1.807, 2.05) is 41.0 Å². The van der Waals surface area contributed by atoms with Crippen molar-refractivity contribution >= 4 is 11.9 Å². The van der Waals surface area contributed by atoms with E-state index in [-0.39, 0.29) is 11.9 Å². The van der Waals surface area contributed by atoms with E-state index in [1.54, 1.807) is 0 Å². The smallest absolute Gasteiger partial charge is 0.317 e. The summed E-state index contributed by atoms with van der Waals surface area (Å²) in [6.07, 6.45) is 6.36. The van der Waals surface area contributed by atoms with E-state index in [0.29, 0.717) is 38.6 Å². The molecule has 1 saturated heterocycles. The van der Waals surface area contributed by atoms with Crippen molar-refractivity contribution in [2.75, 3.05) is 26.2 Å². The Labute approximate surface area is 150 Å². The Morgan fingerprint density at radius 2 is 1.64 bits per heavy atom. The van der Waals surface area contributed by atoms with E-state index in [1.165, 1.54) is 19.3 Å². The van der Waals surface area contributed by atoms with E-state index >= 15 is 0 Å². The predicted octanol–water partition coefficient (Wildman–Crippen LogP) is 2.72. The Kier molecular flexibility index (Phi) is 5.95. The lowest BCUT2D eigenvalue weighted by atomic mass is 9.96. The largest absolute Gasteiger partial charge is 0.339 e. The first-order valence-electron chi connectivity index (χ1n) is 9.51. The SMILES string of the molecule is Cc1ccccc1CC(=O)N1CCN(C(=O)NC2CCCCC2)CC1. The number of hydrogen-bond acceptors (Lipinski definition) is 2. The van der Waals surface area contributed by atoms with Gasteiger partial charge in [-0.25, -0.2) is 4.79 Å². The minimum Gasteiger partial charge on any atom is -0.339 e. The lowest BCUT2D eigenvalue weighted by Crippen LogP contribution is -2.55. The number of urea groups is 1. The summed E-state index contributed by atoms with van der Waals surface area (Å²) in [6.45, 7) is 4.54. The molecule has 0 atom stereocenters. The molecule has 2 fully saturated rings. The van der Waals surface area contributed by atoms with Gasteiger partial charge in [-0.2, -0.15) is 0 Å². The van der Waals surface area contributed by atoms with Crippen molar-refractivity contribution in [3.8, 4) is 0 Å². The molecule has 1 heterocycles. The van der Waals surface area contributed by atoms with Crippen LogP contribution in [0.1, 0.15) is 43.2 Å². The summed E-state index contributed by atoms with van der Waals surface area (Å²) in [5.74, 6) is 0.154. The zero-order chi connectivity index (χ0) is 17.6. The fourth-order valence-electron chi connectivity index (χ4n) is 3.75. The molecule has 2 aliphatic rings. The Morgan fingerprint density at radius 1 is 1.00 bits per heavy atom. The zero-order valence-electron chi connectivity index (χ0n) is 15.2. The number of carbonyl (C=O) groups excluding carboxylic acids is 2. The van der Waals surface area contributed by atoms with Crippen molar-refractivity contribution in [3.05, 3.63) is 35.4 Å². The number of piperazine rings is 1. The van der Waals surface area contributed by atoms with Gasteiger partial charge in [-0.05, 0) is 30.9 Å². The van der Waals surface area contributed by atoms with Crippen LogP contribution in [0.25, 0.3) is 0 Å². The quantitative estimate of drug-likeness (QED) is 0.917. The summed E-state index contributed by atoms with van der Waals surface area (Å²) < 4.78 is 0. The number of nitrogens with zero attached hydrogens (tertiary/aromatic N) is 2. The van der Waals surface area contributed by atoms with E-state index in [0.717, 1.165) is 24.0 Å². The van der Waals surface area contributed by atoms with Crippen molar-refractivity contribution in [1.82, 2.24) is 15.1 Å². The third-order valence-corrected chi connectivity index (χ3v) is 5.46. The topological polar surface area (TPSA) is 52.7 Å². The summed E-state index contributed by atoms with van der Waals surface area (Å²) in [6, 6.07) is 8.40. The highest BCUT2D eigenvalue weighted by molar-refractivity contribution is 5.80. The van der Waals surface area contributed by atoms with Crippen molar-refractivity contribution in [2.24, 2.45) is 0 Å². The van der Waals surface area contributed by atoms with Crippen LogP contribution < -0.4 is 5.32 Å². The molecule has 3 rings (SSSR count). The van der Waals surface area contributed by atoms with E-state index in [9.17, 15) is 9.59 Å². The monoisotopic (exact) mass is 343 g/mol. The molecule has 1 saturated carbocycles. The number of nitrogens with one attached hydrogen (secondary N) is 1. The van der Waals surface area contributed by atoms with E-state index < -0.39 is 0 Å². The van der Waals surface area contributed by atoms with Gasteiger partial charge in [0, 0.05) is 32.2 Å². The minimum atomic E-state index is 0.0397. The average molecular weight is 343 g/mol. The van der Waals surface area contributed by atoms with Gasteiger partial charge in [0.25, 0.3) is 0 Å². The maximum atomic E-state index is 12.5. The van der Waals surface area contributed by atoms with Gasteiger partial charge in [0.1, 0.15) is 0 Å². The first-order chi connectivity index (χ1) is 12.1. The third-order valence-electron chi connectivity index (χ3n) is 5.46. The van der Waals surface area contributed by atoms with Gasteiger partial charge in [-0.1, -0.05) is 43.5 Å². The molecule has 5 nitrogen and oxygen atoms in total. The van der Waals surface area contributed by atoms with Gasteiger partial charge in [0.2, 0.25) is 5.91 Å². The van der Waals surface area contributed by atoms with Gasteiger partial charge >= 0.3 is 6.03 Å². The summed E-state index contributed by atoms with van der Waals surface area (Å²) in [4.78, 5) is 28.6. The van der Waals surface area contributed by atoms with Gasteiger partial charge in [0.05, 0.1) is 6.42 Å². The molecule has 0 aromatic heterocycles. The lowest BCUT2D eigenvalue weighted by molar-refractivity contribution is -0.131. The maximum absolute atomic E-state index is 12.5. The Balaban J connectivity index is 1.45. The molecule has 1 N–H and O–H groups in total. The highest BCUT2D eigenvalue weighted by Gasteiger charge is 2.26. The van der Waals surface area contributed by atoms with Crippen LogP contribution in [0.3, 0.4) is 0 Å². The van der Waals surface area contributed by atoms with Crippen LogP contribution in [0, 0.1) is 6.92 Å². The molecule has 25 heavy (non-hydrogen) atoms. The molecule has 1 aliphatic carbocycles. The van der Waals surface area contributed by atoms with Crippen molar-refractivity contribution in [2.45, 2.75) is 51.5 Å². The first-order valence-corrected chi connectivity index (χ1v) is 9.51. The van der Waals surface area contributed by atoms with Crippen LogP contribution >= 0.6 is 0 Å². The second-order valence-electron chi connectivity index (χ2n) is 7.26. The van der Waals surface area contributed by atoms with Crippen molar-refractivity contribution in [3.63, 3.8) is 0 Å². The molecule has 0 unspecified atom stereocenters. The van der Waals surface area contributed by atoms with Crippen LogP contribution in [-0.2, 0) is 11.2 Å². The molecule has 3 amide bonds. The molecular formula is C20H29N3O2. The maximum Gasteiger partial charge on any atom is 0.317 e. The number of benzene rings is 1. The Bertz CT molecular complexity index is 603. The fraction of sp³-hybridized carbons (Fsp3) is 0.600. The zero-order valence-corrected chi connectivity index (χ0v) is 15.2. The summed E-state index contributed by atoms with van der Waals surface area (Å²) in [5, 5.41) is 3.16. The molecule has 5 heteroatoms. The molecule has 0 spiro atoms. The average Bonchev–Trinajstić information content (AvgIpc) is 2.64. The molecular weight excluding hydrogens is 314 g/mol. The van der Waals surface area contributed by atoms with Crippen LogP contribution in [-0.4, -0.2) is 54.0 Å². The highest BCUT2D eigenvalue weighted by atomic mass is 16.2.